The Kier molecular flexibility index (Phi) is 6.33. The molecule has 1 atom stereocenters. The lowest BCUT2D eigenvalue weighted by atomic mass is 9.97. The largest absolute Gasteiger partial charge is 0.467 e. The van der Waals surface area contributed by atoms with Crippen LogP contribution in [0.15, 0.2) is 45.9 Å². The second kappa shape index (κ2) is 8.89. The van der Waals surface area contributed by atoms with Gasteiger partial charge in [-0.3, -0.25) is 4.79 Å². The molecular formula is C18H24N4O2S. The van der Waals surface area contributed by atoms with Gasteiger partial charge in [0.25, 0.3) is 0 Å². The topological polar surface area (TPSA) is 73.0 Å². The lowest BCUT2D eigenvalue weighted by Crippen LogP contribution is -2.32. The van der Waals surface area contributed by atoms with Gasteiger partial charge in [-0.05, 0) is 51.2 Å². The molecule has 0 saturated heterocycles. The molecule has 1 amide bonds. The molecule has 0 aromatic carbocycles. The van der Waals surface area contributed by atoms with Crippen LogP contribution in [0.5, 0.6) is 0 Å². The Morgan fingerprint density at radius 1 is 1.48 bits per heavy atom. The van der Waals surface area contributed by atoms with Crippen molar-refractivity contribution in [3.63, 3.8) is 0 Å². The second-order valence-corrected chi connectivity index (χ2v) is 7.54. The van der Waals surface area contributed by atoms with Gasteiger partial charge in [0.1, 0.15) is 12.1 Å². The average molecular weight is 360 g/mol. The van der Waals surface area contributed by atoms with E-state index in [1.54, 1.807) is 12.6 Å². The van der Waals surface area contributed by atoms with Crippen LogP contribution in [-0.4, -0.2) is 32.5 Å². The highest BCUT2D eigenvalue weighted by molar-refractivity contribution is 8.00. The van der Waals surface area contributed by atoms with Gasteiger partial charge < -0.3 is 14.3 Å². The minimum absolute atomic E-state index is 0.0361. The molecule has 0 radical (unpaired) electrons. The van der Waals surface area contributed by atoms with Gasteiger partial charge >= 0.3 is 0 Å². The molecule has 0 spiro atoms. The zero-order valence-electron chi connectivity index (χ0n) is 14.5. The van der Waals surface area contributed by atoms with Crippen molar-refractivity contribution in [2.24, 2.45) is 0 Å². The minimum Gasteiger partial charge on any atom is -0.467 e. The molecule has 3 rings (SSSR count). The lowest BCUT2D eigenvalue weighted by Gasteiger charge is -2.15. The van der Waals surface area contributed by atoms with Gasteiger partial charge in [0.05, 0.1) is 18.1 Å². The van der Waals surface area contributed by atoms with Crippen LogP contribution in [0.25, 0.3) is 0 Å². The third kappa shape index (κ3) is 5.22. The Morgan fingerprint density at radius 3 is 3.16 bits per heavy atom. The number of rotatable bonds is 8. The number of allylic oxidation sites excluding steroid dienone is 1. The highest BCUT2D eigenvalue weighted by Gasteiger charge is 2.18. The molecule has 2 aromatic rings. The monoisotopic (exact) mass is 360 g/mol. The summed E-state index contributed by atoms with van der Waals surface area (Å²) in [5, 5.41) is 11.6. The van der Waals surface area contributed by atoms with Crippen LogP contribution >= 0.6 is 11.8 Å². The third-order valence-electron chi connectivity index (χ3n) is 4.27. The number of nitrogens with one attached hydrogen (secondary N) is 1. The molecule has 6 nitrogen and oxygen atoms in total. The summed E-state index contributed by atoms with van der Waals surface area (Å²) in [5.41, 5.74) is 1.48. The second-order valence-electron chi connectivity index (χ2n) is 6.23. The predicted octanol–water partition coefficient (Wildman–Crippen LogP) is 3.41. The Hall–Kier alpha value is -2.02. The fourth-order valence-electron chi connectivity index (χ4n) is 2.85. The molecule has 1 aliphatic carbocycles. The minimum atomic E-state index is -0.222. The van der Waals surface area contributed by atoms with Crippen molar-refractivity contribution in [3.8, 4) is 0 Å². The van der Waals surface area contributed by atoms with E-state index in [0.29, 0.717) is 18.2 Å². The molecule has 134 valence electrons. The van der Waals surface area contributed by atoms with Crippen molar-refractivity contribution < 1.29 is 9.21 Å². The van der Waals surface area contributed by atoms with Crippen LogP contribution in [0.1, 0.15) is 44.8 Å². The van der Waals surface area contributed by atoms with E-state index in [1.807, 2.05) is 23.6 Å². The van der Waals surface area contributed by atoms with Crippen molar-refractivity contribution in [2.45, 2.75) is 56.0 Å². The van der Waals surface area contributed by atoms with Gasteiger partial charge in [-0.1, -0.05) is 23.4 Å². The summed E-state index contributed by atoms with van der Waals surface area (Å²) in [6, 6.07) is 3.76. The van der Waals surface area contributed by atoms with Gasteiger partial charge in [-0.15, -0.1) is 10.2 Å². The van der Waals surface area contributed by atoms with Crippen molar-refractivity contribution in [1.29, 1.82) is 0 Å². The molecule has 25 heavy (non-hydrogen) atoms. The fourth-order valence-corrected chi connectivity index (χ4v) is 3.70. The Labute approximate surface area is 152 Å². The van der Waals surface area contributed by atoms with Crippen molar-refractivity contribution >= 4 is 17.7 Å². The number of hydrogen-bond donors (Lipinski definition) is 1. The number of thioether (sulfide) groups is 1. The molecule has 0 fully saturated rings. The molecule has 2 aromatic heterocycles. The number of amides is 1. The number of furan rings is 1. The Balaban J connectivity index is 1.46. The quantitative estimate of drug-likeness (QED) is 0.577. The van der Waals surface area contributed by atoms with E-state index in [4.69, 9.17) is 4.42 Å². The molecule has 1 unspecified atom stereocenters. The molecule has 0 bridgehead atoms. The molecular weight excluding hydrogens is 336 g/mol. The summed E-state index contributed by atoms with van der Waals surface area (Å²) in [5.74, 6) is 0.869. The Morgan fingerprint density at radius 2 is 2.40 bits per heavy atom. The number of aromatic nitrogens is 3. The van der Waals surface area contributed by atoms with Crippen LogP contribution < -0.4 is 5.32 Å². The summed E-state index contributed by atoms with van der Waals surface area (Å²) < 4.78 is 7.24. The van der Waals surface area contributed by atoms with Crippen molar-refractivity contribution in [3.05, 3.63) is 42.1 Å². The molecule has 1 N–H and O–H groups in total. The van der Waals surface area contributed by atoms with Gasteiger partial charge in [0.2, 0.25) is 5.91 Å². The van der Waals surface area contributed by atoms with E-state index in [0.717, 1.165) is 12.2 Å². The smallest absolute Gasteiger partial charge is 0.233 e. The summed E-state index contributed by atoms with van der Waals surface area (Å²) >= 11 is 1.41. The summed E-state index contributed by atoms with van der Waals surface area (Å²) in [4.78, 5) is 12.3. The summed E-state index contributed by atoms with van der Waals surface area (Å²) in [7, 11) is 0. The zero-order chi connectivity index (χ0) is 17.5. The van der Waals surface area contributed by atoms with Crippen molar-refractivity contribution in [1.82, 2.24) is 20.1 Å². The van der Waals surface area contributed by atoms with Gasteiger partial charge in [0, 0.05) is 6.54 Å². The van der Waals surface area contributed by atoms with Crippen LogP contribution in [0, 0.1) is 0 Å². The summed E-state index contributed by atoms with van der Waals surface area (Å²) in [6.45, 7) is 3.16. The van der Waals surface area contributed by atoms with E-state index in [2.05, 4.69) is 21.6 Å². The summed E-state index contributed by atoms with van der Waals surface area (Å²) in [6.07, 6.45) is 11.5. The SMILES string of the molecule is CC(Sc1nncn1Cc1ccco1)C(=O)NCCC1=CCCCC1. The highest BCUT2D eigenvalue weighted by Crippen LogP contribution is 2.22. The fraction of sp³-hybridized carbons (Fsp3) is 0.500. The van der Waals surface area contributed by atoms with Gasteiger partial charge in [-0.2, -0.15) is 0 Å². The van der Waals surface area contributed by atoms with E-state index in [9.17, 15) is 4.79 Å². The van der Waals surface area contributed by atoms with Crippen LogP contribution in [-0.2, 0) is 11.3 Å². The molecule has 7 heteroatoms. The van der Waals surface area contributed by atoms with Crippen LogP contribution in [0.2, 0.25) is 0 Å². The number of hydrogen-bond acceptors (Lipinski definition) is 5. The maximum Gasteiger partial charge on any atom is 0.233 e. The first-order valence-electron chi connectivity index (χ1n) is 8.75. The predicted molar refractivity (Wildman–Crippen MR) is 97.3 cm³/mol. The van der Waals surface area contributed by atoms with E-state index in [-0.39, 0.29) is 11.2 Å². The maximum absolute atomic E-state index is 12.3. The lowest BCUT2D eigenvalue weighted by molar-refractivity contribution is -0.120. The number of nitrogens with zero attached hydrogens (tertiary/aromatic N) is 3. The van der Waals surface area contributed by atoms with Crippen LogP contribution in [0.4, 0.5) is 0 Å². The molecule has 0 aliphatic heterocycles. The maximum atomic E-state index is 12.3. The third-order valence-corrected chi connectivity index (χ3v) is 5.36. The number of carbonyl (C=O) groups excluding carboxylic acids is 1. The first-order valence-corrected chi connectivity index (χ1v) is 9.63. The van der Waals surface area contributed by atoms with Gasteiger partial charge in [0.15, 0.2) is 5.16 Å². The molecule has 1 aliphatic rings. The first kappa shape index (κ1) is 17.8. The standard InChI is InChI=1S/C18H24N4O2S/c1-14(17(23)19-10-9-15-6-3-2-4-7-15)25-18-21-20-13-22(18)12-16-8-5-11-24-16/h5-6,8,11,13-14H,2-4,7,9-10,12H2,1H3,(H,19,23). The van der Waals surface area contributed by atoms with Crippen LogP contribution in [0.3, 0.4) is 0 Å². The molecule has 0 saturated carbocycles. The van der Waals surface area contributed by atoms with Gasteiger partial charge in [-0.25, -0.2) is 0 Å². The highest BCUT2D eigenvalue weighted by atomic mass is 32.2. The number of carbonyl (C=O) groups is 1. The normalized spacial score (nSPS) is 15.6. The van der Waals surface area contributed by atoms with Crippen molar-refractivity contribution in [2.75, 3.05) is 6.54 Å². The van der Waals surface area contributed by atoms with E-state index >= 15 is 0 Å². The zero-order valence-corrected chi connectivity index (χ0v) is 15.3. The van der Waals surface area contributed by atoms with E-state index in [1.165, 1.54) is 43.0 Å². The average Bonchev–Trinajstić information content (AvgIpc) is 3.29. The molecule has 2 heterocycles. The van der Waals surface area contributed by atoms with E-state index < -0.39 is 0 Å². The first-order chi connectivity index (χ1) is 12.2. The Bertz CT molecular complexity index is 708.